The molecule has 1 heterocycles. The summed E-state index contributed by atoms with van der Waals surface area (Å²) < 4.78 is 1.64. The van der Waals surface area contributed by atoms with Gasteiger partial charge in [0.05, 0.1) is 5.69 Å². The van der Waals surface area contributed by atoms with E-state index >= 15 is 0 Å². The van der Waals surface area contributed by atoms with Crippen LogP contribution in [0.1, 0.15) is 21.7 Å². The van der Waals surface area contributed by atoms with E-state index < -0.39 is 0 Å². The van der Waals surface area contributed by atoms with Gasteiger partial charge in [0.1, 0.15) is 5.69 Å². The van der Waals surface area contributed by atoms with E-state index in [0.29, 0.717) is 12.1 Å². The first-order valence-corrected chi connectivity index (χ1v) is 4.69. The molecule has 0 fully saturated rings. The molecule has 15 heavy (non-hydrogen) atoms. The molecule has 0 aliphatic heterocycles. The summed E-state index contributed by atoms with van der Waals surface area (Å²) in [5.74, 6) is 0. The molecule has 0 spiro atoms. The Kier molecular flexibility index (Phi) is 2.58. The molecule has 0 aliphatic rings. The van der Waals surface area contributed by atoms with Crippen LogP contribution in [0.2, 0.25) is 0 Å². The number of aldehydes is 1. The highest BCUT2D eigenvalue weighted by atomic mass is 16.1. The summed E-state index contributed by atoms with van der Waals surface area (Å²) >= 11 is 0. The van der Waals surface area contributed by atoms with Crippen LogP contribution < -0.4 is 0 Å². The summed E-state index contributed by atoms with van der Waals surface area (Å²) in [6.45, 7) is 0. The van der Waals surface area contributed by atoms with Crippen LogP contribution in [0, 0.1) is 0 Å². The Balaban J connectivity index is 2.31. The Hall–Kier alpha value is -1.97. The van der Waals surface area contributed by atoms with Crippen molar-refractivity contribution in [3.05, 3.63) is 47.3 Å². The molecule has 0 aliphatic carbocycles. The lowest BCUT2D eigenvalue weighted by Crippen LogP contribution is -2.01. The first kappa shape index (κ1) is 9.58. The summed E-state index contributed by atoms with van der Waals surface area (Å²) in [7, 11) is 1.79. The molecule has 4 heteroatoms. The molecule has 0 radical (unpaired) electrons. The quantitative estimate of drug-likeness (QED) is 0.701. The maximum atomic E-state index is 10.7. The third-order valence-corrected chi connectivity index (χ3v) is 2.30. The second-order valence-corrected chi connectivity index (χ2v) is 3.33. The first-order valence-electron chi connectivity index (χ1n) is 4.69. The van der Waals surface area contributed by atoms with E-state index in [1.54, 1.807) is 11.7 Å². The highest BCUT2D eigenvalue weighted by Crippen LogP contribution is 2.09. The van der Waals surface area contributed by atoms with E-state index in [9.17, 15) is 4.79 Å². The zero-order chi connectivity index (χ0) is 10.7. The minimum atomic E-state index is 0.418. The molecule has 76 valence electrons. The minimum Gasteiger partial charge on any atom is -0.296 e. The van der Waals surface area contributed by atoms with Gasteiger partial charge in [0.25, 0.3) is 0 Å². The molecule has 0 bridgehead atoms. The third-order valence-electron chi connectivity index (χ3n) is 2.30. The lowest BCUT2D eigenvalue weighted by Gasteiger charge is -2.01. The molecule has 0 unspecified atom stereocenters. The Labute approximate surface area is 87.5 Å². The van der Waals surface area contributed by atoms with Crippen molar-refractivity contribution in [1.82, 2.24) is 15.0 Å². The van der Waals surface area contributed by atoms with Crippen LogP contribution >= 0.6 is 0 Å². The number of nitrogens with zero attached hydrogens (tertiary/aromatic N) is 3. The molecule has 4 nitrogen and oxygen atoms in total. The number of benzene rings is 1. The maximum Gasteiger partial charge on any atom is 0.172 e. The van der Waals surface area contributed by atoms with E-state index in [1.807, 2.05) is 30.3 Å². The Morgan fingerprint density at radius 3 is 2.73 bits per heavy atom. The van der Waals surface area contributed by atoms with Crippen molar-refractivity contribution >= 4 is 6.29 Å². The van der Waals surface area contributed by atoms with E-state index in [1.165, 1.54) is 0 Å². The average molecular weight is 201 g/mol. The van der Waals surface area contributed by atoms with Crippen molar-refractivity contribution in [2.24, 2.45) is 7.05 Å². The van der Waals surface area contributed by atoms with Crippen molar-refractivity contribution in [3.63, 3.8) is 0 Å². The number of carbonyl (C=O) groups is 1. The average Bonchev–Trinajstić information content (AvgIpc) is 2.62. The molecule has 2 aromatic rings. The van der Waals surface area contributed by atoms with Crippen molar-refractivity contribution in [3.8, 4) is 0 Å². The largest absolute Gasteiger partial charge is 0.296 e. The molecule has 0 saturated heterocycles. The molecule has 1 aromatic heterocycles. The number of rotatable bonds is 3. The van der Waals surface area contributed by atoms with Crippen LogP contribution in [0.4, 0.5) is 0 Å². The van der Waals surface area contributed by atoms with Gasteiger partial charge in [-0.1, -0.05) is 35.5 Å². The lowest BCUT2D eigenvalue weighted by molar-refractivity contribution is 0.111. The van der Waals surface area contributed by atoms with Gasteiger partial charge < -0.3 is 0 Å². The smallest absolute Gasteiger partial charge is 0.172 e. The molecule has 0 saturated carbocycles. The summed E-state index contributed by atoms with van der Waals surface area (Å²) in [6.07, 6.45) is 1.42. The van der Waals surface area contributed by atoms with Crippen LogP contribution in [-0.2, 0) is 13.5 Å². The standard InChI is InChI=1S/C11H11N3O/c1-14-11(10(8-15)12-13-14)7-9-5-3-2-4-6-9/h2-6,8H,7H2,1H3. The summed E-state index contributed by atoms with van der Waals surface area (Å²) in [6, 6.07) is 9.94. The van der Waals surface area contributed by atoms with E-state index in [4.69, 9.17) is 0 Å². The number of hydrogen-bond donors (Lipinski definition) is 0. The molecule has 0 amide bonds. The van der Waals surface area contributed by atoms with Crippen LogP contribution in [0.5, 0.6) is 0 Å². The van der Waals surface area contributed by atoms with Gasteiger partial charge in [-0.2, -0.15) is 0 Å². The third kappa shape index (κ3) is 1.93. The van der Waals surface area contributed by atoms with Crippen LogP contribution in [0.3, 0.4) is 0 Å². The van der Waals surface area contributed by atoms with E-state index in [0.717, 1.165) is 17.5 Å². The fourth-order valence-corrected chi connectivity index (χ4v) is 1.48. The van der Waals surface area contributed by atoms with Crippen molar-refractivity contribution in [2.75, 3.05) is 0 Å². The van der Waals surface area contributed by atoms with Gasteiger partial charge in [-0.05, 0) is 5.56 Å². The minimum absolute atomic E-state index is 0.418. The zero-order valence-electron chi connectivity index (χ0n) is 8.42. The normalized spacial score (nSPS) is 10.2. The molecule has 1 aromatic carbocycles. The Morgan fingerprint density at radius 2 is 2.07 bits per heavy atom. The summed E-state index contributed by atoms with van der Waals surface area (Å²) in [5, 5.41) is 7.59. The second-order valence-electron chi connectivity index (χ2n) is 3.33. The molecule has 2 rings (SSSR count). The highest BCUT2D eigenvalue weighted by Gasteiger charge is 2.09. The number of hydrogen-bond acceptors (Lipinski definition) is 3. The maximum absolute atomic E-state index is 10.7. The van der Waals surface area contributed by atoms with Gasteiger partial charge in [0.2, 0.25) is 0 Å². The lowest BCUT2D eigenvalue weighted by atomic mass is 10.1. The van der Waals surface area contributed by atoms with Gasteiger partial charge in [0, 0.05) is 13.5 Å². The van der Waals surface area contributed by atoms with Crippen LogP contribution in [0.15, 0.2) is 30.3 Å². The van der Waals surface area contributed by atoms with Gasteiger partial charge >= 0.3 is 0 Å². The Morgan fingerprint density at radius 1 is 1.33 bits per heavy atom. The zero-order valence-corrected chi connectivity index (χ0v) is 8.42. The fraction of sp³-hybridized carbons (Fsp3) is 0.182. The molecular formula is C11H11N3O. The summed E-state index contributed by atoms with van der Waals surface area (Å²) in [4.78, 5) is 10.7. The SMILES string of the molecule is Cn1nnc(C=O)c1Cc1ccccc1. The Bertz CT molecular complexity index is 462. The van der Waals surface area contributed by atoms with Gasteiger partial charge in [0.15, 0.2) is 6.29 Å². The topological polar surface area (TPSA) is 47.8 Å². The number of aromatic nitrogens is 3. The van der Waals surface area contributed by atoms with E-state index in [-0.39, 0.29) is 0 Å². The first-order chi connectivity index (χ1) is 7.31. The molecule has 0 N–H and O–H groups in total. The highest BCUT2D eigenvalue weighted by molar-refractivity contribution is 5.73. The predicted molar refractivity (Wildman–Crippen MR) is 55.6 cm³/mol. The predicted octanol–water partition coefficient (Wildman–Crippen LogP) is 1.22. The van der Waals surface area contributed by atoms with E-state index in [2.05, 4.69) is 10.3 Å². The van der Waals surface area contributed by atoms with Gasteiger partial charge in [-0.15, -0.1) is 5.10 Å². The molecule has 0 atom stereocenters. The monoisotopic (exact) mass is 201 g/mol. The van der Waals surface area contributed by atoms with Gasteiger partial charge in [-0.3, -0.25) is 9.48 Å². The van der Waals surface area contributed by atoms with Crippen LogP contribution in [-0.4, -0.2) is 21.3 Å². The second kappa shape index (κ2) is 4.04. The number of carbonyl (C=O) groups excluding carboxylic acids is 1. The van der Waals surface area contributed by atoms with Gasteiger partial charge in [-0.25, -0.2) is 0 Å². The fourth-order valence-electron chi connectivity index (χ4n) is 1.48. The van der Waals surface area contributed by atoms with Crippen LogP contribution in [0.25, 0.3) is 0 Å². The number of aryl methyl sites for hydroxylation is 1. The summed E-state index contributed by atoms with van der Waals surface area (Å²) in [5.41, 5.74) is 2.41. The molecular weight excluding hydrogens is 190 g/mol. The van der Waals surface area contributed by atoms with Crippen molar-refractivity contribution in [2.45, 2.75) is 6.42 Å². The van der Waals surface area contributed by atoms with Crippen molar-refractivity contribution in [1.29, 1.82) is 0 Å². The van der Waals surface area contributed by atoms with Crippen molar-refractivity contribution < 1.29 is 4.79 Å².